The predicted octanol–water partition coefficient (Wildman–Crippen LogP) is 4.64. The molecule has 0 aliphatic heterocycles. The maximum absolute atomic E-state index is 12.2. The number of nitrogens with zero attached hydrogens (tertiary/aromatic N) is 1. The first-order valence-corrected chi connectivity index (χ1v) is 8.25. The average molecular weight is 382 g/mol. The van der Waals surface area contributed by atoms with Gasteiger partial charge < -0.3 is 5.32 Å². The van der Waals surface area contributed by atoms with Gasteiger partial charge in [-0.25, -0.2) is 4.98 Å². The van der Waals surface area contributed by atoms with Gasteiger partial charge in [-0.2, -0.15) is 0 Å². The van der Waals surface area contributed by atoms with Gasteiger partial charge >= 0.3 is 0 Å². The predicted molar refractivity (Wildman–Crippen MR) is 89.9 cm³/mol. The molecule has 6 heteroatoms. The molecule has 0 spiro atoms. The molecular weight excluding hydrogens is 372 g/mol. The van der Waals surface area contributed by atoms with Gasteiger partial charge in [0.2, 0.25) is 0 Å². The Hall–Kier alpha value is -1.43. The normalized spacial score (nSPS) is 10.8. The number of rotatable bonds is 3. The van der Waals surface area contributed by atoms with Crippen molar-refractivity contribution >= 4 is 55.5 Å². The molecule has 0 saturated carbocycles. The molecule has 21 heavy (non-hydrogen) atoms. The number of amides is 1. The number of hydrogen-bond acceptors (Lipinski definition) is 3. The van der Waals surface area contributed by atoms with Crippen molar-refractivity contribution in [3.63, 3.8) is 0 Å². The summed E-state index contributed by atoms with van der Waals surface area (Å²) in [7, 11) is 0. The monoisotopic (exact) mass is 380 g/mol. The first kappa shape index (κ1) is 14.5. The van der Waals surface area contributed by atoms with E-state index < -0.39 is 0 Å². The molecule has 1 N–H and O–H groups in total. The number of pyridine rings is 1. The highest BCUT2D eigenvalue weighted by atomic mass is 79.9. The van der Waals surface area contributed by atoms with Crippen LogP contribution in [-0.2, 0) is 6.54 Å². The van der Waals surface area contributed by atoms with E-state index >= 15 is 0 Å². The Morgan fingerprint density at radius 2 is 2.14 bits per heavy atom. The third kappa shape index (κ3) is 3.26. The molecule has 0 unspecified atom stereocenters. The van der Waals surface area contributed by atoms with Crippen LogP contribution in [0.25, 0.3) is 10.8 Å². The molecular formula is C15H10BrClN2OS. The first-order valence-electron chi connectivity index (χ1n) is 6.20. The number of halogens is 2. The molecule has 0 bridgehead atoms. The number of carbonyl (C=O) groups excluding carboxylic acids is 1. The van der Waals surface area contributed by atoms with E-state index in [1.165, 1.54) is 0 Å². The quantitative estimate of drug-likeness (QED) is 0.671. The second-order valence-electron chi connectivity index (χ2n) is 4.43. The highest BCUT2D eigenvalue weighted by Gasteiger charge is 2.11. The van der Waals surface area contributed by atoms with E-state index in [1.807, 2.05) is 35.7 Å². The van der Waals surface area contributed by atoms with Crippen molar-refractivity contribution in [2.24, 2.45) is 0 Å². The molecule has 0 fully saturated rings. The third-order valence-electron chi connectivity index (χ3n) is 2.97. The zero-order chi connectivity index (χ0) is 14.8. The lowest BCUT2D eigenvalue weighted by Gasteiger charge is -2.06. The zero-order valence-corrected chi connectivity index (χ0v) is 13.9. The van der Waals surface area contributed by atoms with Gasteiger partial charge in [-0.15, -0.1) is 11.3 Å². The van der Waals surface area contributed by atoms with Crippen molar-refractivity contribution in [2.45, 2.75) is 6.54 Å². The van der Waals surface area contributed by atoms with Crippen LogP contribution in [-0.4, -0.2) is 10.9 Å². The summed E-state index contributed by atoms with van der Waals surface area (Å²) < 4.78 is 1.02. The summed E-state index contributed by atoms with van der Waals surface area (Å²) in [6.45, 7) is 0.473. The van der Waals surface area contributed by atoms with Gasteiger partial charge in [0, 0.05) is 20.1 Å². The minimum atomic E-state index is -0.229. The minimum absolute atomic E-state index is 0.229. The van der Waals surface area contributed by atoms with Crippen molar-refractivity contribution in [3.05, 3.63) is 62.0 Å². The van der Waals surface area contributed by atoms with Crippen LogP contribution in [0.15, 0.2) is 46.3 Å². The summed E-state index contributed by atoms with van der Waals surface area (Å²) in [5.74, 6) is -0.229. The number of nitrogens with one attached hydrogen (secondary N) is 1. The topological polar surface area (TPSA) is 42.0 Å². The molecule has 2 aromatic heterocycles. The maximum atomic E-state index is 12.2. The Kier molecular flexibility index (Phi) is 4.24. The smallest absolute Gasteiger partial charge is 0.270 e. The Bertz CT molecular complexity index is 818. The van der Waals surface area contributed by atoms with Crippen molar-refractivity contribution in [3.8, 4) is 0 Å². The minimum Gasteiger partial charge on any atom is -0.346 e. The van der Waals surface area contributed by atoms with Crippen LogP contribution in [0.2, 0.25) is 5.15 Å². The van der Waals surface area contributed by atoms with Gasteiger partial charge in [0.1, 0.15) is 10.8 Å². The lowest BCUT2D eigenvalue weighted by Crippen LogP contribution is -2.23. The van der Waals surface area contributed by atoms with E-state index in [-0.39, 0.29) is 5.91 Å². The van der Waals surface area contributed by atoms with E-state index in [0.29, 0.717) is 17.4 Å². The Morgan fingerprint density at radius 1 is 1.33 bits per heavy atom. The average Bonchev–Trinajstić information content (AvgIpc) is 2.90. The van der Waals surface area contributed by atoms with E-state index in [0.717, 1.165) is 20.1 Å². The summed E-state index contributed by atoms with van der Waals surface area (Å²) in [6, 6.07) is 11.3. The lowest BCUT2D eigenvalue weighted by molar-refractivity contribution is 0.0946. The zero-order valence-electron chi connectivity index (χ0n) is 10.8. The van der Waals surface area contributed by atoms with E-state index in [2.05, 4.69) is 26.2 Å². The molecule has 0 aliphatic carbocycles. The summed E-state index contributed by atoms with van der Waals surface area (Å²) in [6.07, 6.45) is 0. The number of aromatic nitrogens is 1. The fourth-order valence-electron chi connectivity index (χ4n) is 1.98. The molecule has 0 radical (unpaired) electrons. The molecule has 0 saturated heterocycles. The number of carbonyl (C=O) groups is 1. The summed E-state index contributed by atoms with van der Waals surface area (Å²) in [4.78, 5) is 17.4. The van der Waals surface area contributed by atoms with E-state index in [4.69, 9.17) is 11.6 Å². The number of benzene rings is 1. The highest BCUT2D eigenvalue weighted by molar-refractivity contribution is 9.10. The first-order chi connectivity index (χ1) is 10.1. The second-order valence-corrected chi connectivity index (χ2v) is 6.70. The van der Waals surface area contributed by atoms with Gasteiger partial charge in [-0.3, -0.25) is 4.79 Å². The van der Waals surface area contributed by atoms with Crippen LogP contribution < -0.4 is 5.32 Å². The molecule has 3 nitrogen and oxygen atoms in total. The molecule has 106 valence electrons. The number of thiophene rings is 1. The van der Waals surface area contributed by atoms with E-state index in [1.54, 1.807) is 17.4 Å². The molecule has 0 atom stereocenters. The third-order valence-corrected chi connectivity index (χ3v) is 4.96. The molecule has 1 aromatic carbocycles. The van der Waals surface area contributed by atoms with Gasteiger partial charge in [0.05, 0.1) is 6.54 Å². The fourth-order valence-corrected chi connectivity index (χ4v) is 3.63. The van der Waals surface area contributed by atoms with Gasteiger partial charge in [0.25, 0.3) is 5.91 Å². The Labute approximate surface area is 139 Å². The fraction of sp³-hybridized carbons (Fsp3) is 0.0667. The lowest BCUT2D eigenvalue weighted by atomic mass is 10.1. The van der Waals surface area contributed by atoms with E-state index in [9.17, 15) is 4.79 Å². The Morgan fingerprint density at radius 3 is 2.90 bits per heavy atom. The largest absolute Gasteiger partial charge is 0.346 e. The van der Waals surface area contributed by atoms with Crippen LogP contribution in [0, 0.1) is 0 Å². The van der Waals surface area contributed by atoms with Crippen molar-refractivity contribution < 1.29 is 4.79 Å². The molecule has 0 aliphatic rings. The van der Waals surface area contributed by atoms with Crippen molar-refractivity contribution in [1.82, 2.24) is 10.3 Å². The van der Waals surface area contributed by atoms with Crippen LogP contribution in [0.5, 0.6) is 0 Å². The molecule has 2 heterocycles. The van der Waals surface area contributed by atoms with Gasteiger partial charge in [-0.05, 0) is 33.4 Å². The summed E-state index contributed by atoms with van der Waals surface area (Å²) in [5.41, 5.74) is 0.328. The highest BCUT2D eigenvalue weighted by Crippen LogP contribution is 2.23. The van der Waals surface area contributed by atoms with Crippen LogP contribution in [0.4, 0.5) is 0 Å². The number of fused-ring (bicyclic) bond motifs is 1. The Balaban J connectivity index is 1.81. The van der Waals surface area contributed by atoms with Gasteiger partial charge in [0.15, 0.2) is 0 Å². The summed E-state index contributed by atoms with van der Waals surface area (Å²) >= 11 is 11.1. The van der Waals surface area contributed by atoms with Crippen molar-refractivity contribution in [1.29, 1.82) is 0 Å². The van der Waals surface area contributed by atoms with Crippen LogP contribution >= 0.6 is 38.9 Å². The van der Waals surface area contributed by atoms with Crippen LogP contribution in [0.1, 0.15) is 15.4 Å². The maximum Gasteiger partial charge on any atom is 0.270 e. The molecule has 3 aromatic rings. The van der Waals surface area contributed by atoms with Crippen molar-refractivity contribution in [2.75, 3.05) is 0 Å². The standard InChI is InChI=1S/C15H10BrClN2OS/c16-10-6-11(21-8-10)7-18-15(20)13-5-9-3-1-2-4-12(9)14(17)19-13/h1-6,8H,7H2,(H,18,20). The van der Waals surface area contributed by atoms with Gasteiger partial charge in [-0.1, -0.05) is 35.9 Å². The summed E-state index contributed by atoms with van der Waals surface area (Å²) in [5, 5.41) is 6.92. The number of hydrogen-bond donors (Lipinski definition) is 1. The SMILES string of the molecule is O=C(NCc1cc(Br)cs1)c1cc2ccccc2c(Cl)n1. The molecule has 1 amide bonds. The second kappa shape index (κ2) is 6.13. The van der Waals surface area contributed by atoms with Crippen LogP contribution in [0.3, 0.4) is 0 Å². The molecule has 3 rings (SSSR count).